The maximum absolute atomic E-state index is 12.8. The summed E-state index contributed by atoms with van der Waals surface area (Å²) < 4.78 is 81.2. The molecule has 7 heterocycles. The number of ether oxygens (including phenoxy) is 1. The van der Waals surface area contributed by atoms with E-state index in [1.54, 1.807) is 9.80 Å². The van der Waals surface area contributed by atoms with E-state index in [1.165, 1.54) is 38.8 Å². The average Bonchev–Trinajstić information content (AvgIpc) is 3.71. The van der Waals surface area contributed by atoms with Gasteiger partial charge in [0.05, 0.1) is 73.4 Å². The molecule has 16 nitrogen and oxygen atoms in total. The van der Waals surface area contributed by atoms with Crippen LogP contribution in [0, 0.1) is 5.92 Å². The number of rotatable bonds is 19. The molecule has 0 bridgehead atoms. The van der Waals surface area contributed by atoms with Crippen molar-refractivity contribution < 1.29 is 41.0 Å². The highest BCUT2D eigenvalue weighted by Crippen LogP contribution is 2.30. The van der Waals surface area contributed by atoms with Gasteiger partial charge in [0.1, 0.15) is 0 Å². The zero-order valence-electron chi connectivity index (χ0n) is 54.7. The van der Waals surface area contributed by atoms with Gasteiger partial charge < -0.3 is 76.0 Å². The summed E-state index contributed by atoms with van der Waals surface area (Å²) in [6.07, 6.45) is 4.81. The molecule has 1 amide bonds. The highest BCUT2D eigenvalue weighted by Gasteiger charge is 2.44. The lowest BCUT2D eigenvalue weighted by Crippen LogP contribution is -2.60. The molecule has 7 aliphatic rings. The molecule has 7 rings (SSSR count). The van der Waals surface area contributed by atoms with Crippen LogP contribution in [-0.2, 0) is 9.53 Å². The third-order valence-corrected chi connectivity index (χ3v) is 13.6. The fourth-order valence-corrected chi connectivity index (χ4v) is 9.19. The Morgan fingerprint density at radius 2 is 0.667 bits per heavy atom. The summed E-state index contributed by atoms with van der Waals surface area (Å²) in [5.74, 6) is -2.06. The van der Waals surface area contributed by atoms with Crippen molar-refractivity contribution in [2.24, 2.45) is 5.92 Å². The Morgan fingerprint density at radius 1 is 0.381 bits per heavy atom. The fourth-order valence-electron chi connectivity index (χ4n) is 9.19. The van der Waals surface area contributed by atoms with Crippen LogP contribution in [0.3, 0.4) is 0 Å². The lowest BCUT2D eigenvalue weighted by atomic mass is 9.97. The van der Waals surface area contributed by atoms with Crippen LogP contribution in [0.25, 0.3) is 0 Å². The van der Waals surface area contributed by atoms with E-state index in [1.807, 2.05) is 77.0 Å². The van der Waals surface area contributed by atoms with Crippen LogP contribution >= 0.6 is 0 Å². The van der Waals surface area contributed by atoms with Gasteiger partial charge in [-0.2, -0.15) is 0 Å². The number of hydrogen-bond donors (Lipinski definition) is 7. The van der Waals surface area contributed by atoms with Gasteiger partial charge in [-0.15, -0.1) is 0 Å². The minimum Gasteiger partial charge on any atom is -0.386 e. The van der Waals surface area contributed by atoms with Crippen LogP contribution < -0.4 is 31.9 Å². The normalized spacial score (nSPS) is 19.7. The Kier molecular flexibility index (Phi) is 33.8. The summed E-state index contributed by atoms with van der Waals surface area (Å²) >= 11 is 0. The Balaban J connectivity index is 0.000000491. The zero-order valence-corrected chi connectivity index (χ0v) is 54.7. The van der Waals surface area contributed by atoms with Crippen LogP contribution in [0.15, 0.2) is 74.4 Å². The van der Waals surface area contributed by atoms with Crippen LogP contribution in [0.2, 0.25) is 0 Å². The third kappa shape index (κ3) is 33.1. The predicted molar refractivity (Wildman–Crippen MR) is 334 cm³/mol. The SMILES string of the molecule is C=C(NC(C)C)N1CC(C)(O)C1.C=C(NC(C)C)N1CC(F)(F)C1.C=C(NC(C)C)N1CCC(F)(F)C1.C=C(NC(C)C)N1CCC(F)(F)CC1.C=C(NC(C)C)N1CCC1.C=C(NC(C)C)N1CCOCC1.CC(C)C(=O)N1CCCCC1. The number of β-amino-alcohol motifs (C(OH)–C–C–N with tert-alkyl or cyclic N) is 1. The van der Waals surface area contributed by atoms with Gasteiger partial charge in [-0.1, -0.05) is 53.3 Å². The first-order valence-electron chi connectivity index (χ1n) is 30.7. The van der Waals surface area contributed by atoms with Crippen LogP contribution in [0.1, 0.15) is 149 Å². The molecule has 7 N–H and O–H groups in total. The lowest BCUT2D eigenvalue weighted by molar-refractivity contribution is -0.135. The molecule has 0 atom stereocenters. The van der Waals surface area contributed by atoms with Crippen molar-refractivity contribution in [1.82, 2.24) is 66.2 Å². The average molecular weight is 1210 g/mol. The Hall–Kier alpha value is -4.99. The first-order chi connectivity index (χ1) is 38.7. The third-order valence-electron chi connectivity index (χ3n) is 13.6. The standard InChI is InChI=1S/C10H18F2N2.C9H16F2N2.2C9H18N2O.C9H17NO.C8H14F2N2.C8H16N2/c1-8(2)13-9(3)14-6-4-10(11,12)5-7-14;1-7(2)12-8(3)13-5-4-9(10,11)6-13;1-7(2)10-8(3)11-5-9(4,12)6-11;1-8(2)10-9(3)11-4-6-12-7-5-11;1-8(2)9(11)10-6-4-3-5-7-10;1-6(2)11-7(3)12-4-8(9,10)5-12;1-7(2)9-8(3)10-5-4-6-10/h8,13H,3-7H2,1-2H3;7,12H,3-6H2,1-2H3;7,10,12H,3,5-6H2,1-2,4H3;8,10H,3-7H2,1-2H3;8H,3-7H2,1-2H3;6,11H,3-5H2,1-2H3;7,9H,3-6H2,1-2H3. The number of amides is 1. The van der Waals surface area contributed by atoms with E-state index in [2.05, 4.69) is 123 Å². The Bertz CT molecular complexity index is 1920. The molecule has 490 valence electrons. The molecule has 0 aromatic carbocycles. The number of piperidine rings is 2. The molecular formula is C62H117F6N13O3. The maximum atomic E-state index is 12.8. The molecular weight excluding hydrogens is 1090 g/mol. The molecule has 7 saturated heterocycles. The van der Waals surface area contributed by atoms with Crippen molar-refractivity contribution in [2.75, 3.05) is 105 Å². The smallest absolute Gasteiger partial charge is 0.282 e. The van der Waals surface area contributed by atoms with Gasteiger partial charge in [-0.25, -0.2) is 26.3 Å². The predicted octanol–water partition coefficient (Wildman–Crippen LogP) is 9.52. The number of halogens is 6. The molecule has 0 radical (unpaired) electrons. The number of likely N-dealkylation sites (tertiary alicyclic amines) is 6. The van der Waals surface area contributed by atoms with Crippen molar-refractivity contribution in [1.29, 1.82) is 0 Å². The van der Waals surface area contributed by atoms with E-state index in [9.17, 15) is 36.2 Å². The summed E-state index contributed by atoms with van der Waals surface area (Å²) in [5.41, 5.74) is -0.512. The first-order valence-corrected chi connectivity index (χ1v) is 30.7. The number of nitrogens with zero attached hydrogens (tertiary/aromatic N) is 7. The monoisotopic (exact) mass is 1210 g/mol. The van der Waals surface area contributed by atoms with Gasteiger partial charge in [-0.05, 0) is 116 Å². The van der Waals surface area contributed by atoms with Crippen molar-refractivity contribution >= 4 is 5.91 Å². The van der Waals surface area contributed by atoms with E-state index in [-0.39, 0.29) is 56.9 Å². The largest absolute Gasteiger partial charge is 0.386 e. The summed E-state index contributed by atoms with van der Waals surface area (Å²) in [4.78, 5) is 25.0. The number of alkyl halides is 6. The topological polar surface area (TPSA) is 141 Å². The maximum Gasteiger partial charge on any atom is 0.282 e. The molecule has 7 fully saturated rings. The highest BCUT2D eigenvalue weighted by molar-refractivity contribution is 5.78. The van der Waals surface area contributed by atoms with Crippen LogP contribution in [0.5, 0.6) is 0 Å². The van der Waals surface area contributed by atoms with Crippen molar-refractivity contribution in [3.05, 3.63) is 74.4 Å². The van der Waals surface area contributed by atoms with E-state index in [0.717, 1.165) is 62.7 Å². The number of hydrogen-bond acceptors (Lipinski definition) is 15. The van der Waals surface area contributed by atoms with Gasteiger partial charge in [0, 0.05) is 133 Å². The second kappa shape index (κ2) is 36.9. The zero-order chi connectivity index (χ0) is 64.3. The Labute approximate surface area is 505 Å². The molecule has 22 heteroatoms. The van der Waals surface area contributed by atoms with Crippen LogP contribution in [0.4, 0.5) is 26.3 Å². The first kappa shape index (κ1) is 77.0. The Morgan fingerprint density at radius 3 is 0.964 bits per heavy atom. The van der Waals surface area contributed by atoms with E-state index in [0.29, 0.717) is 74.4 Å². The van der Waals surface area contributed by atoms with Crippen molar-refractivity contribution in [3.8, 4) is 0 Å². The van der Waals surface area contributed by atoms with Crippen molar-refractivity contribution in [3.63, 3.8) is 0 Å². The highest BCUT2D eigenvalue weighted by atomic mass is 19.3. The number of carbonyl (C=O) groups is 1. The molecule has 0 saturated carbocycles. The number of carbonyl (C=O) groups excluding carboxylic acids is 1. The van der Waals surface area contributed by atoms with Crippen LogP contribution in [-0.4, -0.2) is 210 Å². The quantitative estimate of drug-likeness (QED) is 0.0618. The van der Waals surface area contributed by atoms with Gasteiger partial charge in [0.2, 0.25) is 5.91 Å². The minimum absolute atomic E-state index is 0.0637. The van der Waals surface area contributed by atoms with Gasteiger partial charge in [0.25, 0.3) is 17.8 Å². The summed E-state index contributed by atoms with van der Waals surface area (Å²) in [7, 11) is 0. The summed E-state index contributed by atoms with van der Waals surface area (Å²) in [5, 5.41) is 28.4. The molecule has 7 aliphatic heterocycles. The minimum atomic E-state index is -2.54. The molecule has 0 unspecified atom stereocenters. The van der Waals surface area contributed by atoms with Crippen molar-refractivity contribution in [2.45, 2.75) is 208 Å². The number of nitrogens with one attached hydrogen (secondary N) is 6. The van der Waals surface area contributed by atoms with E-state index >= 15 is 0 Å². The molecule has 0 aromatic heterocycles. The number of morpholine rings is 1. The molecule has 0 aromatic rings. The van der Waals surface area contributed by atoms with E-state index in [4.69, 9.17) is 4.74 Å². The second-order valence-electron chi connectivity index (χ2n) is 25.4. The van der Waals surface area contributed by atoms with Gasteiger partial charge in [-0.3, -0.25) is 4.79 Å². The van der Waals surface area contributed by atoms with Gasteiger partial charge >= 0.3 is 0 Å². The van der Waals surface area contributed by atoms with E-state index < -0.39 is 23.4 Å². The molecule has 84 heavy (non-hydrogen) atoms. The fraction of sp³-hybridized carbons (Fsp3) is 0.790. The molecule has 0 aliphatic carbocycles. The summed E-state index contributed by atoms with van der Waals surface area (Å²) in [6, 6.07) is 2.15. The lowest BCUT2D eigenvalue weighted by Gasteiger charge is -2.46. The van der Waals surface area contributed by atoms with Gasteiger partial charge in [0.15, 0.2) is 0 Å². The second-order valence-corrected chi connectivity index (χ2v) is 25.4. The number of aliphatic hydroxyl groups is 1. The summed E-state index contributed by atoms with van der Waals surface area (Å²) in [6.45, 7) is 63.1. The molecule has 0 spiro atoms.